The molecule has 2 rings (SSSR count). The highest BCUT2D eigenvalue weighted by atomic mass is 32.1. The molecule has 0 unspecified atom stereocenters. The van der Waals surface area contributed by atoms with Gasteiger partial charge in [0.2, 0.25) is 0 Å². The second-order valence-electron chi connectivity index (χ2n) is 3.03. The van der Waals surface area contributed by atoms with E-state index in [1.807, 2.05) is 17.5 Å². The van der Waals surface area contributed by atoms with Gasteiger partial charge in [0.1, 0.15) is 0 Å². The van der Waals surface area contributed by atoms with Crippen LogP contribution >= 0.6 is 11.3 Å². The normalized spacial score (nSPS) is 10.6. The van der Waals surface area contributed by atoms with E-state index < -0.39 is 0 Å². The fourth-order valence-corrected chi connectivity index (χ4v) is 1.98. The Hall–Kier alpha value is -1.26. The van der Waals surface area contributed by atoms with Crippen LogP contribution in [-0.2, 0) is 13.1 Å². The van der Waals surface area contributed by atoms with Gasteiger partial charge in [0.25, 0.3) is 0 Å². The highest BCUT2D eigenvalue weighted by molar-refractivity contribution is 7.10. The lowest BCUT2D eigenvalue weighted by atomic mass is 10.3. The molecule has 2 aromatic rings. The molecule has 3 nitrogen and oxygen atoms in total. The minimum atomic E-state index is 0.813. The van der Waals surface area contributed by atoms with Crippen LogP contribution in [0.5, 0.6) is 0 Å². The van der Waals surface area contributed by atoms with Crippen LogP contribution in [0.1, 0.15) is 10.4 Å². The smallest absolute Gasteiger partial charge is 0.0947 e. The molecule has 0 fully saturated rings. The summed E-state index contributed by atoms with van der Waals surface area (Å²) < 4.78 is 4.96. The van der Waals surface area contributed by atoms with Gasteiger partial charge in [0, 0.05) is 29.2 Å². The summed E-state index contributed by atoms with van der Waals surface area (Å²) in [5, 5.41) is 5.31. The zero-order valence-electron chi connectivity index (χ0n) is 7.69. The second kappa shape index (κ2) is 4.30. The Morgan fingerprint density at radius 3 is 2.93 bits per heavy atom. The maximum Gasteiger partial charge on any atom is 0.0947 e. The first-order valence-electron chi connectivity index (χ1n) is 4.40. The van der Waals surface area contributed by atoms with Crippen LogP contribution in [0.15, 0.2) is 34.5 Å². The Kier molecular flexibility index (Phi) is 2.86. The molecule has 0 saturated heterocycles. The number of thiophene rings is 1. The third kappa shape index (κ3) is 2.16. The van der Waals surface area contributed by atoms with Crippen molar-refractivity contribution in [2.24, 2.45) is 0 Å². The van der Waals surface area contributed by atoms with Gasteiger partial charge in [0.05, 0.1) is 12.5 Å². The third-order valence-corrected chi connectivity index (χ3v) is 2.91. The SMILES string of the molecule is Nc1ccsc1CNCc1ccoc1. The Balaban J connectivity index is 1.81. The van der Waals surface area contributed by atoms with Crippen LogP contribution in [0.3, 0.4) is 0 Å². The molecule has 0 aromatic carbocycles. The zero-order valence-corrected chi connectivity index (χ0v) is 8.51. The van der Waals surface area contributed by atoms with E-state index in [9.17, 15) is 0 Å². The average Bonchev–Trinajstić information content (AvgIpc) is 2.78. The van der Waals surface area contributed by atoms with E-state index >= 15 is 0 Å². The lowest BCUT2D eigenvalue weighted by Gasteiger charge is -2.01. The predicted molar refractivity (Wildman–Crippen MR) is 58.0 cm³/mol. The van der Waals surface area contributed by atoms with E-state index in [0.29, 0.717) is 0 Å². The molecule has 0 spiro atoms. The average molecular weight is 208 g/mol. The molecule has 3 N–H and O–H groups in total. The van der Waals surface area contributed by atoms with Crippen molar-refractivity contribution >= 4 is 17.0 Å². The summed E-state index contributed by atoms with van der Waals surface area (Å²) >= 11 is 1.68. The van der Waals surface area contributed by atoms with Gasteiger partial charge in [-0.1, -0.05) is 0 Å². The number of nitrogens with one attached hydrogen (secondary N) is 1. The van der Waals surface area contributed by atoms with Crippen molar-refractivity contribution in [2.45, 2.75) is 13.1 Å². The predicted octanol–water partition coefficient (Wildman–Crippen LogP) is 2.21. The molecule has 0 atom stereocenters. The number of furan rings is 1. The Morgan fingerprint density at radius 1 is 1.36 bits per heavy atom. The number of nitrogens with two attached hydrogens (primary N) is 1. The van der Waals surface area contributed by atoms with Gasteiger partial charge in [-0.2, -0.15) is 0 Å². The van der Waals surface area contributed by atoms with Crippen molar-refractivity contribution < 1.29 is 4.42 Å². The third-order valence-electron chi connectivity index (χ3n) is 1.97. The molecule has 4 heteroatoms. The summed E-state index contributed by atoms with van der Waals surface area (Å²) in [6.07, 6.45) is 3.42. The molecule has 0 saturated carbocycles. The molecule has 0 aliphatic heterocycles. The van der Waals surface area contributed by atoms with Gasteiger partial charge in [0.15, 0.2) is 0 Å². The molecule has 0 aliphatic carbocycles. The monoisotopic (exact) mass is 208 g/mol. The van der Waals surface area contributed by atoms with E-state index in [-0.39, 0.29) is 0 Å². The molecule has 2 heterocycles. The number of rotatable bonds is 4. The minimum absolute atomic E-state index is 0.813. The molecule has 0 amide bonds. The van der Waals surface area contributed by atoms with Gasteiger partial charge in [-0.05, 0) is 17.5 Å². The van der Waals surface area contributed by atoms with Crippen LogP contribution in [0.2, 0.25) is 0 Å². The van der Waals surface area contributed by atoms with Gasteiger partial charge in [-0.3, -0.25) is 0 Å². The van der Waals surface area contributed by atoms with Crippen LogP contribution < -0.4 is 11.1 Å². The largest absolute Gasteiger partial charge is 0.472 e. The number of hydrogen-bond donors (Lipinski definition) is 2. The molecular weight excluding hydrogens is 196 g/mol. The van der Waals surface area contributed by atoms with Crippen molar-refractivity contribution in [3.05, 3.63) is 40.5 Å². The minimum Gasteiger partial charge on any atom is -0.472 e. The van der Waals surface area contributed by atoms with Crippen LogP contribution in [-0.4, -0.2) is 0 Å². The first-order valence-corrected chi connectivity index (χ1v) is 5.28. The van der Waals surface area contributed by atoms with Crippen molar-refractivity contribution in [1.82, 2.24) is 5.32 Å². The topological polar surface area (TPSA) is 51.2 Å². The fourth-order valence-electron chi connectivity index (χ4n) is 1.21. The second-order valence-corrected chi connectivity index (χ2v) is 4.03. The Morgan fingerprint density at radius 2 is 2.29 bits per heavy atom. The molecule has 0 aliphatic rings. The van der Waals surface area contributed by atoms with E-state index in [4.69, 9.17) is 10.2 Å². The summed E-state index contributed by atoms with van der Waals surface area (Å²) in [5.41, 5.74) is 7.77. The Bertz CT molecular complexity index is 380. The standard InChI is InChI=1S/C10H12N2OS/c11-9-2-4-14-10(9)6-12-5-8-1-3-13-7-8/h1-4,7,12H,5-6,11H2. The molecular formula is C10H12N2OS. The van der Waals surface area contributed by atoms with Crippen LogP contribution in [0.25, 0.3) is 0 Å². The van der Waals surface area contributed by atoms with Gasteiger partial charge in [-0.25, -0.2) is 0 Å². The van der Waals surface area contributed by atoms with Crippen LogP contribution in [0.4, 0.5) is 5.69 Å². The molecule has 0 bridgehead atoms. The lowest BCUT2D eigenvalue weighted by molar-refractivity contribution is 0.560. The van der Waals surface area contributed by atoms with E-state index in [1.54, 1.807) is 23.9 Å². The molecule has 2 aromatic heterocycles. The number of hydrogen-bond acceptors (Lipinski definition) is 4. The van der Waals surface area contributed by atoms with Crippen molar-refractivity contribution in [2.75, 3.05) is 5.73 Å². The summed E-state index contributed by atoms with van der Waals surface area (Å²) in [6, 6.07) is 3.88. The first kappa shape index (κ1) is 9.30. The maximum atomic E-state index is 5.75. The summed E-state index contributed by atoms with van der Waals surface area (Å²) in [6.45, 7) is 1.63. The summed E-state index contributed by atoms with van der Waals surface area (Å²) in [5.74, 6) is 0. The molecule has 14 heavy (non-hydrogen) atoms. The van der Waals surface area contributed by atoms with Crippen molar-refractivity contribution in [1.29, 1.82) is 0 Å². The van der Waals surface area contributed by atoms with E-state index in [2.05, 4.69) is 5.32 Å². The van der Waals surface area contributed by atoms with Crippen molar-refractivity contribution in [3.63, 3.8) is 0 Å². The Labute approximate surface area is 86.5 Å². The highest BCUT2D eigenvalue weighted by Crippen LogP contribution is 2.18. The lowest BCUT2D eigenvalue weighted by Crippen LogP contribution is -2.11. The highest BCUT2D eigenvalue weighted by Gasteiger charge is 1.99. The van der Waals surface area contributed by atoms with Crippen LogP contribution in [0, 0.1) is 0 Å². The van der Waals surface area contributed by atoms with E-state index in [0.717, 1.165) is 24.3 Å². The first-order chi connectivity index (χ1) is 6.86. The quantitative estimate of drug-likeness (QED) is 0.810. The zero-order chi connectivity index (χ0) is 9.80. The fraction of sp³-hybridized carbons (Fsp3) is 0.200. The number of anilines is 1. The van der Waals surface area contributed by atoms with Gasteiger partial charge in [-0.15, -0.1) is 11.3 Å². The van der Waals surface area contributed by atoms with E-state index in [1.165, 1.54) is 4.88 Å². The molecule has 0 radical (unpaired) electrons. The summed E-state index contributed by atoms with van der Waals surface area (Å²) in [4.78, 5) is 1.19. The maximum absolute atomic E-state index is 5.75. The summed E-state index contributed by atoms with van der Waals surface area (Å²) in [7, 11) is 0. The van der Waals surface area contributed by atoms with Crippen molar-refractivity contribution in [3.8, 4) is 0 Å². The number of nitrogen functional groups attached to an aromatic ring is 1. The molecule has 74 valence electrons. The van der Waals surface area contributed by atoms with Gasteiger partial charge >= 0.3 is 0 Å². The van der Waals surface area contributed by atoms with Gasteiger partial charge < -0.3 is 15.5 Å².